The average Bonchev–Trinajstić information content (AvgIpc) is 3.10. The number of halogens is 1. The summed E-state index contributed by atoms with van der Waals surface area (Å²) in [7, 11) is -0.561. The molecule has 1 aliphatic heterocycles. The van der Waals surface area contributed by atoms with E-state index in [1.165, 1.54) is 44.4 Å². The summed E-state index contributed by atoms with van der Waals surface area (Å²) in [5.41, 5.74) is 1.51. The van der Waals surface area contributed by atoms with Crippen LogP contribution in [0.1, 0.15) is 18.9 Å². The molecule has 0 saturated carbocycles. The van der Waals surface area contributed by atoms with Crippen molar-refractivity contribution in [3.8, 4) is 5.75 Å². The van der Waals surface area contributed by atoms with E-state index < -0.39 is 16.1 Å². The lowest BCUT2D eigenvalue weighted by molar-refractivity contribution is -0.125. The standard InChI is InChI=1S/C20H23FN2O4S/c1-4-19(27-16-7-5-15(21)6-8-16)20(24)23-12-11-14-13-17(9-10-18(14)23)28(25,26)22(2)3/h5-10,13,19H,4,11-12H2,1-3H3/t19-/m1/s1. The number of amides is 1. The molecule has 2 aromatic rings. The number of benzene rings is 2. The van der Waals surface area contributed by atoms with E-state index in [4.69, 9.17) is 4.74 Å². The second-order valence-corrected chi connectivity index (χ2v) is 8.94. The maximum atomic E-state index is 13.1. The third-order valence-corrected chi connectivity index (χ3v) is 6.54. The molecule has 0 bridgehead atoms. The summed E-state index contributed by atoms with van der Waals surface area (Å²) in [6.07, 6.45) is 0.321. The van der Waals surface area contributed by atoms with Crippen LogP contribution in [0.5, 0.6) is 5.75 Å². The molecule has 0 aromatic heterocycles. The Balaban J connectivity index is 1.82. The molecule has 28 heavy (non-hydrogen) atoms. The molecule has 6 nitrogen and oxygen atoms in total. The second-order valence-electron chi connectivity index (χ2n) is 6.79. The van der Waals surface area contributed by atoms with Crippen molar-refractivity contribution in [1.29, 1.82) is 0 Å². The largest absolute Gasteiger partial charge is 0.481 e. The van der Waals surface area contributed by atoms with Gasteiger partial charge in [0.1, 0.15) is 11.6 Å². The molecule has 150 valence electrons. The van der Waals surface area contributed by atoms with Crippen LogP contribution in [0.15, 0.2) is 47.4 Å². The lowest BCUT2D eigenvalue weighted by Gasteiger charge is -2.24. The maximum Gasteiger partial charge on any atom is 0.268 e. The topological polar surface area (TPSA) is 66.9 Å². The number of hydrogen-bond donors (Lipinski definition) is 0. The minimum Gasteiger partial charge on any atom is -0.481 e. The SMILES string of the molecule is CC[C@@H](Oc1ccc(F)cc1)C(=O)N1CCc2cc(S(=O)(=O)N(C)C)ccc21. The first-order chi connectivity index (χ1) is 13.2. The molecule has 1 aliphatic rings. The number of carbonyl (C=O) groups is 1. The number of carbonyl (C=O) groups excluding carboxylic acids is 1. The van der Waals surface area contributed by atoms with Gasteiger partial charge in [0.05, 0.1) is 4.90 Å². The summed E-state index contributed by atoms with van der Waals surface area (Å²) in [4.78, 5) is 14.8. The zero-order valence-corrected chi connectivity index (χ0v) is 16.9. The van der Waals surface area contributed by atoms with Gasteiger partial charge in [-0.2, -0.15) is 0 Å². The fourth-order valence-electron chi connectivity index (χ4n) is 3.14. The predicted molar refractivity (Wildman–Crippen MR) is 104 cm³/mol. The Morgan fingerprint density at radius 1 is 1.21 bits per heavy atom. The number of nitrogens with zero attached hydrogens (tertiary/aromatic N) is 2. The number of ether oxygens (including phenoxy) is 1. The van der Waals surface area contributed by atoms with Gasteiger partial charge in [-0.15, -0.1) is 0 Å². The highest BCUT2D eigenvalue weighted by Crippen LogP contribution is 2.32. The normalized spacial score (nSPS) is 14.8. The third-order valence-electron chi connectivity index (χ3n) is 4.73. The van der Waals surface area contributed by atoms with Crippen molar-refractivity contribution in [2.24, 2.45) is 0 Å². The molecule has 2 aromatic carbocycles. The van der Waals surface area contributed by atoms with Gasteiger partial charge < -0.3 is 9.64 Å². The van der Waals surface area contributed by atoms with Crippen molar-refractivity contribution in [1.82, 2.24) is 4.31 Å². The molecule has 1 atom stereocenters. The van der Waals surface area contributed by atoms with Crippen molar-refractivity contribution < 1.29 is 22.3 Å². The van der Waals surface area contributed by atoms with E-state index in [0.29, 0.717) is 30.8 Å². The summed E-state index contributed by atoms with van der Waals surface area (Å²) in [5, 5.41) is 0. The number of rotatable bonds is 6. The van der Waals surface area contributed by atoms with Gasteiger partial charge >= 0.3 is 0 Å². The van der Waals surface area contributed by atoms with Crippen LogP contribution in [0, 0.1) is 5.82 Å². The van der Waals surface area contributed by atoms with Crippen LogP contribution in [0.25, 0.3) is 0 Å². The van der Waals surface area contributed by atoms with Gasteiger partial charge in [0, 0.05) is 26.3 Å². The Bertz CT molecular complexity index is 974. The monoisotopic (exact) mass is 406 g/mol. The molecule has 8 heteroatoms. The molecule has 1 heterocycles. The van der Waals surface area contributed by atoms with Gasteiger partial charge in [0.15, 0.2) is 6.10 Å². The zero-order chi connectivity index (χ0) is 20.5. The van der Waals surface area contributed by atoms with Crippen LogP contribution in [-0.4, -0.2) is 45.4 Å². The fourth-order valence-corrected chi connectivity index (χ4v) is 4.09. The zero-order valence-electron chi connectivity index (χ0n) is 16.1. The molecular formula is C20H23FN2O4S. The minimum atomic E-state index is -3.53. The van der Waals surface area contributed by atoms with Gasteiger partial charge in [-0.1, -0.05) is 6.92 Å². The second kappa shape index (κ2) is 7.89. The molecule has 0 aliphatic carbocycles. The molecule has 0 saturated heterocycles. The first-order valence-corrected chi connectivity index (χ1v) is 10.5. The Kier molecular flexibility index (Phi) is 5.71. The quantitative estimate of drug-likeness (QED) is 0.740. The predicted octanol–water partition coefficient (Wildman–Crippen LogP) is 2.82. The third kappa shape index (κ3) is 3.88. The van der Waals surface area contributed by atoms with Crippen LogP contribution in [0.4, 0.5) is 10.1 Å². The average molecular weight is 406 g/mol. The Hall–Kier alpha value is -2.45. The highest BCUT2D eigenvalue weighted by Gasteiger charge is 2.32. The Morgan fingerprint density at radius 3 is 2.50 bits per heavy atom. The van der Waals surface area contributed by atoms with E-state index in [2.05, 4.69) is 0 Å². The van der Waals surface area contributed by atoms with E-state index in [-0.39, 0.29) is 16.6 Å². The van der Waals surface area contributed by atoms with Gasteiger partial charge in [-0.25, -0.2) is 17.1 Å². The maximum absolute atomic E-state index is 13.1. The van der Waals surface area contributed by atoms with Crippen molar-refractivity contribution in [2.45, 2.75) is 30.8 Å². The molecular weight excluding hydrogens is 383 g/mol. The van der Waals surface area contributed by atoms with Crippen LogP contribution >= 0.6 is 0 Å². The van der Waals surface area contributed by atoms with Gasteiger partial charge in [0.25, 0.3) is 5.91 Å². The van der Waals surface area contributed by atoms with Crippen LogP contribution < -0.4 is 9.64 Å². The smallest absolute Gasteiger partial charge is 0.268 e. The van der Waals surface area contributed by atoms with Crippen LogP contribution in [0.2, 0.25) is 0 Å². The molecule has 0 spiro atoms. The Labute approximate surface area is 164 Å². The lowest BCUT2D eigenvalue weighted by Crippen LogP contribution is -2.41. The number of sulfonamides is 1. The molecule has 0 N–H and O–H groups in total. The number of fused-ring (bicyclic) bond motifs is 1. The van der Waals surface area contributed by atoms with Crippen molar-refractivity contribution >= 4 is 21.6 Å². The van der Waals surface area contributed by atoms with Crippen LogP contribution in [0.3, 0.4) is 0 Å². The fraction of sp³-hybridized carbons (Fsp3) is 0.350. The summed E-state index contributed by atoms with van der Waals surface area (Å²) in [6, 6.07) is 10.3. The molecule has 3 rings (SSSR count). The van der Waals surface area contributed by atoms with E-state index >= 15 is 0 Å². The van der Waals surface area contributed by atoms with Gasteiger partial charge in [-0.3, -0.25) is 4.79 Å². The summed E-state index contributed by atoms with van der Waals surface area (Å²) in [6.45, 7) is 2.30. The highest BCUT2D eigenvalue weighted by atomic mass is 32.2. The molecule has 0 unspecified atom stereocenters. The molecule has 0 fully saturated rings. The lowest BCUT2D eigenvalue weighted by atomic mass is 10.1. The molecule has 1 amide bonds. The van der Waals surface area contributed by atoms with Gasteiger partial charge in [0.2, 0.25) is 10.0 Å². The van der Waals surface area contributed by atoms with E-state index in [9.17, 15) is 17.6 Å². The Morgan fingerprint density at radius 2 is 1.89 bits per heavy atom. The first kappa shape index (κ1) is 20.3. The molecule has 0 radical (unpaired) electrons. The van der Waals surface area contributed by atoms with Crippen molar-refractivity contribution in [3.63, 3.8) is 0 Å². The van der Waals surface area contributed by atoms with Gasteiger partial charge in [-0.05, 0) is 60.9 Å². The van der Waals surface area contributed by atoms with Crippen molar-refractivity contribution in [2.75, 3.05) is 25.5 Å². The van der Waals surface area contributed by atoms with Crippen molar-refractivity contribution in [3.05, 3.63) is 53.8 Å². The van der Waals surface area contributed by atoms with Crippen LogP contribution in [-0.2, 0) is 21.2 Å². The first-order valence-electron chi connectivity index (χ1n) is 9.03. The van der Waals surface area contributed by atoms with E-state index in [0.717, 1.165) is 9.87 Å². The minimum absolute atomic E-state index is 0.200. The number of hydrogen-bond acceptors (Lipinski definition) is 4. The van der Waals surface area contributed by atoms with E-state index in [1.807, 2.05) is 6.92 Å². The summed E-state index contributed by atoms with van der Waals surface area (Å²) >= 11 is 0. The summed E-state index contributed by atoms with van der Waals surface area (Å²) in [5.74, 6) is -0.147. The van der Waals surface area contributed by atoms with E-state index in [1.54, 1.807) is 17.0 Å². The summed E-state index contributed by atoms with van der Waals surface area (Å²) < 4.78 is 44.6. The number of anilines is 1. The highest BCUT2D eigenvalue weighted by molar-refractivity contribution is 7.89.